The van der Waals surface area contributed by atoms with E-state index in [1.54, 1.807) is 5.57 Å². The fourth-order valence-corrected chi connectivity index (χ4v) is 12.4. The molecule has 1 saturated heterocycles. The van der Waals surface area contributed by atoms with Gasteiger partial charge in [-0.2, -0.15) is 5.10 Å². The molecule has 0 radical (unpaired) electrons. The summed E-state index contributed by atoms with van der Waals surface area (Å²) in [4.78, 5) is 13.5. The molecule has 12 atom stereocenters. The van der Waals surface area contributed by atoms with E-state index in [0.29, 0.717) is 36.9 Å². The van der Waals surface area contributed by atoms with E-state index in [1.807, 2.05) is 6.20 Å². The maximum absolute atomic E-state index is 13.5. The van der Waals surface area contributed by atoms with Gasteiger partial charge >= 0.3 is 5.97 Å². The van der Waals surface area contributed by atoms with Crippen LogP contribution in [0.1, 0.15) is 125 Å². The number of allylic oxidation sites excluding steroid dienone is 1. The Morgan fingerprint density at radius 3 is 2.38 bits per heavy atom. The Morgan fingerprint density at radius 2 is 1.79 bits per heavy atom. The molecule has 270 valence electrons. The topological polar surface area (TPSA) is 99.6 Å². The Hall–Kier alpha value is -1.70. The summed E-state index contributed by atoms with van der Waals surface area (Å²) in [6, 6.07) is 0.0564. The number of nitrogens with zero attached hydrogens (tertiary/aromatic N) is 2. The minimum absolute atomic E-state index is 0.0564. The van der Waals surface area contributed by atoms with Gasteiger partial charge in [0.2, 0.25) is 0 Å². The molecule has 7 heteroatoms. The van der Waals surface area contributed by atoms with E-state index in [2.05, 4.69) is 93.8 Å². The van der Waals surface area contributed by atoms with Crippen LogP contribution in [0.15, 0.2) is 17.8 Å². The Balaban J connectivity index is 1.46. The van der Waals surface area contributed by atoms with Crippen molar-refractivity contribution in [2.45, 2.75) is 139 Å². The predicted molar refractivity (Wildman–Crippen MR) is 191 cm³/mol. The largest absolute Gasteiger partial charge is 0.481 e. The van der Waals surface area contributed by atoms with Crippen molar-refractivity contribution < 1.29 is 19.4 Å². The number of aromatic nitrogens is 2. The lowest BCUT2D eigenvalue weighted by atomic mass is 9.34. The van der Waals surface area contributed by atoms with Gasteiger partial charge in [0.05, 0.1) is 44.1 Å². The number of carboxylic acids is 1. The average molecular weight is 666 g/mol. The van der Waals surface area contributed by atoms with Gasteiger partial charge < -0.3 is 20.3 Å². The van der Waals surface area contributed by atoms with Crippen LogP contribution in [0.3, 0.4) is 0 Å². The molecule has 1 aromatic heterocycles. The Kier molecular flexibility index (Phi) is 8.77. The molecule has 0 aromatic carbocycles. The van der Waals surface area contributed by atoms with E-state index >= 15 is 0 Å². The molecule has 6 rings (SSSR count). The van der Waals surface area contributed by atoms with Crippen molar-refractivity contribution in [3.63, 3.8) is 0 Å². The lowest BCUT2D eigenvalue weighted by molar-refractivity contribution is -0.252. The van der Waals surface area contributed by atoms with Crippen molar-refractivity contribution in [3.8, 4) is 0 Å². The molecule has 2 bridgehead atoms. The molecule has 3 N–H and O–H groups in total. The molecule has 48 heavy (non-hydrogen) atoms. The van der Waals surface area contributed by atoms with Crippen LogP contribution in [0.2, 0.25) is 0 Å². The fourth-order valence-electron chi connectivity index (χ4n) is 12.4. The van der Waals surface area contributed by atoms with Crippen LogP contribution in [-0.2, 0) is 14.3 Å². The number of nitrogens with two attached hydrogens (primary N) is 1. The zero-order valence-electron chi connectivity index (χ0n) is 32.3. The van der Waals surface area contributed by atoms with Crippen LogP contribution in [0.25, 0.3) is 0 Å². The highest BCUT2D eigenvalue weighted by Gasteiger charge is 2.72. The Morgan fingerprint density at radius 1 is 1.10 bits per heavy atom. The van der Waals surface area contributed by atoms with Crippen molar-refractivity contribution >= 4 is 5.97 Å². The number of carbonyl (C=O) groups is 1. The van der Waals surface area contributed by atoms with E-state index in [1.165, 1.54) is 11.3 Å². The molecule has 1 aliphatic heterocycles. The monoisotopic (exact) mass is 666 g/mol. The molecular weight excluding hydrogens is 598 g/mol. The minimum Gasteiger partial charge on any atom is -0.481 e. The third-order valence-electron chi connectivity index (χ3n) is 16.6. The average Bonchev–Trinajstić information content (AvgIpc) is 3.33. The zero-order valence-corrected chi connectivity index (χ0v) is 32.3. The van der Waals surface area contributed by atoms with Crippen molar-refractivity contribution in [2.24, 2.45) is 68.3 Å². The number of rotatable bonds is 8. The second-order valence-electron chi connectivity index (χ2n) is 19.4. The number of aliphatic carboxylic acids is 1. The van der Waals surface area contributed by atoms with Gasteiger partial charge in [0.25, 0.3) is 0 Å². The highest BCUT2D eigenvalue weighted by atomic mass is 16.5. The number of ether oxygens (including phenoxy) is 2. The number of aryl methyl sites for hydroxylation is 1. The highest BCUT2D eigenvalue weighted by molar-refractivity contribution is 5.73. The Bertz CT molecular complexity index is 1450. The lowest BCUT2D eigenvalue weighted by Crippen LogP contribution is -2.69. The smallest absolute Gasteiger partial charge is 0.307 e. The first-order valence-electron chi connectivity index (χ1n) is 19.1. The van der Waals surface area contributed by atoms with Crippen LogP contribution < -0.4 is 5.73 Å². The molecule has 2 heterocycles. The third-order valence-corrected chi connectivity index (χ3v) is 16.6. The van der Waals surface area contributed by atoms with E-state index in [4.69, 9.17) is 20.3 Å². The molecule has 1 aromatic rings. The predicted octanol–water partition coefficient (Wildman–Crippen LogP) is 8.39. The van der Waals surface area contributed by atoms with Gasteiger partial charge in [-0.3, -0.25) is 9.48 Å². The molecule has 4 aliphatic carbocycles. The van der Waals surface area contributed by atoms with Crippen molar-refractivity contribution in [1.82, 2.24) is 9.78 Å². The second-order valence-corrected chi connectivity index (χ2v) is 19.4. The van der Waals surface area contributed by atoms with E-state index in [0.717, 1.165) is 45.1 Å². The van der Waals surface area contributed by atoms with Crippen LogP contribution in [0.4, 0.5) is 0 Å². The number of fused-ring (bicyclic) bond motifs is 3. The van der Waals surface area contributed by atoms with Gasteiger partial charge in [-0.25, -0.2) is 0 Å². The fraction of sp³-hybridized carbons (Fsp3) is 0.854. The van der Waals surface area contributed by atoms with Gasteiger partial charge in [-0.1, -0.05) is 74.0 Å². The van der Waals surface area contributed by atoms with Crippen LogP contribution in [0.5, 0.6) is 0 Å². The summed E-state index contributed by atoms with van der Waals surface area (Å²) in [5.41, 5.74) is 9.32. The first kappa shape index (κ1) is 36.1. The molecule has 5 aliphatic rings. The van der Waals surface area contributed by atoms with Crippen molar-refractivity contribution in [1.29, 1.82) is 0 Å². The number of hydrogen-bond donors (Lipinski definition) is 2. The maximum Gasteiger partial charge on any atom is 0.307 e. The van der Waals surface area contributed by atoms with Crippen LogP contribution in [0, 0.1) is 76.4 Å². The van der Waals surface area contributed by atoms with Crippen molar-refractivity contribution in [3.05, 3.63) is 29.1 Å². The SMILES string of the molecule is Cc1cnn([C@@H]2C[C@@]34COC[C@](C)([C@@H]3CC[C@H]3C4=CC[C@@]4(C)[C@H](C(=O)O)[C@@](C)([C@H](C)C(C)C)CC[C@]34C)[C@H]2OC[C@](C)(N)C(C)C)c1C. The first-order chi connectivity index (χ1) is 22.2. The summed E-state index contributed by atoms with van der Waals surface area (Å²) in [5, 5.41) is 16.1. The summed E-state index contributed by atoms with van der Waals surface area (Å²) in [7, 11) is 0. The number of hydrogen-bond acceptors (Lipinski definition) is 5. The molecule has 7 nitrogen and oxygen atoms in total. The van der Waals surface area contributed by atoms with Gasteiger partial charge in [-0.15, -0.1) is 0 Å². The lowest BCUT2D eigenvalue weighted by Gasteiger charge is -2.71. The minimum atomic E-state index is -0.605. The first-order valence-corrected chi connectivity index (χ1v) is 19.1. The molecule has 0 amide bonds. The van der Waals surface area contributed by atoms with Gasteiger partial charge in [-0.05, 0) is 111 Å². The second kappa shape index (κ2) is 11.7. The van der Waals surface area contributed by atoms with Gasteiger partial charge in [0.1, 0.15) is 0 Å². The molecular formula is C41H67N3O4. The highest BCUT2D eigenvalue weighted by Crippen LogP contribution is 2.75. The molecule has 0 spiro atoms. The van der Waals surface area contributed by atoms with Gasteiger partial charge in [0.15, 0.2) is 0 Å². The summed E-state index contributed by atoms with van der Waals surface area (Å²) < 4.78 is 16.1. The van der Waals surface area contributed by atoms with Gasteiger partial charge in [0, 0.05) is 22.1 Å². The Labute approximate surface area is 291 Å². The van der Waals surface area contributed by atoms with E-state index < -0.39 is 11.5 Å². The maximum atomic E-state index is 13.5. The number of carboxylic acid groups (broad SMARTS) is 1. The third kappa shape index (κ3) is 4.82. The normalized spacial score (nSPS) is 44.3. The summed E-state index contributed by atoms with van der Waals surface area (Å²) in [6.45, 7) is 29.1. The van der Waals surface area contributed by atoms with Crippen LogP contribution >= 0.6 is 0 Å². The zero-order chi connectivity index (χ0) is 35.4. The molecule has 0 unspecified atom stereocenters. The summed E-state index contributed by atoms with van der Waals surface area (Å²) >= 11 is 0. The van der Waals surface area contributed by atoms with Crippen molar-refractivity contribution in [2.75, 3.05) is 19.8 Å². The molecule has 4 fully saturated rings. The summed E-state index contributed by atoms with van der Waals surface area (Å²) in [6.07, 6.45) is 10.4. The van der Waals surface area contributed by atoms with Crippen LogP contribution in [-0.4, -0.2) is 52.3 Å². The molecule has 3 saturated carbocycles. The quantitative estimate of drug-likeness (QED) is 0.271. The van der Waals surface area contributed by atoms with E-state index in [9.17, 15) is 9.90 Å². The van der Waals surface area contributed by atoms with E-state index in [-0.39, 0.29) is 51.1 Å². The standard InChI is InChI=1S/C41H67N3O4/c1-24(2)27(6)36(8)17-18-38(10)29-13-14-32-37(9)21-47-23-41(32,30(29)15-16-39(38,11)33(36)35(45)46)19-31(44-28(7)26(5)20-43-44)34(37)48-22-40(12,42)25(3)4/h15,20,24-25,27,29,31-34H,13-14,16-19,21-23,42H2,1-12H3,(H,45,46)/t27-,29+,31-,32+,33-,34+,36-,37-,38-,39+,40+,41+/m1/s1. The summed E-state index contributed by atoms with van der Waals surface area (Å²) in [5.74, 6) is 0.816.